The van der Waals surface area contributed by atoms with Crippen LogP contribution in [0, 0.1) is 0 Å². The molecule has 0 fully saturated rings. The number of halogens is 3. The molecular weight excluding hydrogens is 223 g/mol. The monoisotopic (exact) mass is 228 g/mol. The number of hydrogen-bond acceptors (Lipinski definition) is 1. The van der Waals surface area contributed by atoms with Gasteiger partial charge in [0, 0.05) is 0 Å². The first-order chi connectivity index (χ1) is 6.43. The molecule has 0 aliphatic carbocycles. The Morgan fingerprint density at radius 2 is 1.57 bits per heavy atom. The van der Waals surface area contributed by atoms with Crippen LogP contribution >= 0.6 is 0 Å². The van der Waals surface area contributed by atoms with E-state index in [0.29, 0.717) is 54.5 Å². The Balaban J connectivity index is 0.000000364. The number of carboxylic acid groups (broad SMARTS) is 1. The average molecular weight is 228 g/mol. The van der Waals surface area contributed by atoms with Crippen LogP contribution < -0.4 is -0.342 Å². The molecule has 0 saturated heterocycles. The zero-order chi connectivity index (χ0) is 11.1. The fourth-order valence-corrected chi connectivity index (χ4v) is 1.22. The minimum absolute atomic E-state index is 0.369. The summed E-state index contributed by atoms with van der Waals surface area (Å²) >= 11 is 0.643. The molecule has 1 aromatic carbocycles. The summed E-state index contributed by atoms with van der Waals surface area (Å²) in [7, 11) is -3.67. The topological polar surface area (TPSA) is 37.3 Å². The quantitative estimate of drug-likeness (QED) is 0.729. The number of carbonyl (C=O) groups is 1. The molecule has 0 aromatic heterocycles. The number of carboxylic acids is 1. The third-order valence-corrected chi connectivity index (χ3v) is 2.34. The first-order valence-electron chi connectivity index (χ1n) is 3.65. The molecule has 0 atom stereocenters. The van der Waals surface area contributed by atoms with Crippen LogP contribution in [0.3, 0.4) is 0 Å². The van der Waals surface area contributed by atoms with Gasteiger partial charge in [-0.25, -0.2) is 0 Å². The van der Waals surface area contributed by atoms with E-state index in [1.54, 1.807) is 12.1 Å². The molecule has 14 heavy (non-hydrogen) atoms. The van der Waals surface area contributed by atoms with E-state index in [9.17, 15) is 17.7 Å². The molecule has 0 heterocycles. The van der Waals surface area contributed by atoms with Crippen LogP contribution in [0.25, 0.3) is 0 Å². The van der Waals surface area contributed by atoms with Gasteiger partial charge in [-0.2, -0.15) is 0 Å². The Bertz CT molecular complexity index is 289. The van der Waals surface area contributed by atoms with Crippen LogP contribution in [0.15, 0.2) is 24.3 Å². The molecule has 0 aliphatic heterocycles. The Hall–Kier alpha value is 0.181. The second kappa shape index (κ2) is 7.47. The first kappa shape index (κ1) is 14.2. The van der Waals surface area contributed by atoms with Gasteiger partial charge in [-0.1, -0.05) is 0 Å². The second-order valence-corrected chi connectivity index (χ2v) is 4.22. The standard InChI is InChI=1S/C7H5O2.BF3.K/c8-7(9)6-4-2-1-3-5-6;2-1(3)4;/h2-5H,(H,8,9);;. The Morgan fingerprint density at radius 1 is 1.21 bits per heavy atom. The Kier molecular flexibility index (Phi) is 7.57. The summed E-state index contributed by atoms with van der Waals surface area (Å²) in [6.45, 7) is 0. The molecule has 70 valence electrons. The molecule has 1 N–H and O–H groups in total. The van der Waals surface area contributed by atoms with E-state index < -0.39 is 13.5 Å². The van der Waals surface area contributed by atoms with Gasteiger partial charge < -0.3 is 0 Å². The molecular formula is C7H5BF3KO2. The van der Waals surface area contributed by atoms with E-state index in [1.165, 1.54) is -0.342 Å². The van der Waals surface area contributed by atoms with Crippen molar-refractivity contribution in [3.63, 3.8) is 0 Å². The molecule has 0 saturated carbocycles. The zero-order valence-corrected chi connectivity index (χ0v) is 10.5. The summed E-state index contributed by atoms with van der Waals surface area (Å²) in [4.78, 5) is 10.3. The zero-order valence-electron chi connectivity index (χ0n) is 7.38. The Morgan fingerprint density at radius 3 is 1.86 bits per heavy atom. The summed E-state index contributed by atoms with van der Waals surface area (Å²) in [5.41, 5.74) is 0.369. The van der Waals surface area contributed by atoms with Crippen molar-refractivity contribution in [1.82, 2.24) is 0 Å². The molecule has 0 bridgehead atoms. The van der Waals surface area contributed by atoms with Crippen LogP contribution in [0.5, 0.6) is 0 Å². The Labute approximate surface area is 113 Å². The summed E-state index contributed by atoms with van der Waals surface area (Å²) < 4.78 is 30.3. The van der Waals surface area contributed by atoms with Crippen molar-refractivity contribution in [1.29, 1.82) is 0 Å². The van der Waals surface area contributed by atoms with Gasteiger partial charge >= 0.3 is 102 Å². The van der Waals surface area contributed by atoms with Crippen LogP contribution in [-0.2, 0) is 0 Å². The number of hydrogen-bond donors (Lipinski definition) is 1. The number of rotatable bonds is 1. The van der Waals surface area contributed by atoms with Gasteiger partial charge in [-0.05, 0) is 0 Å². The van der Waals surface area contributed by atoms with E-state index in [1.807, 2.05) is 12.1 Å². The summed E-state index contributed by atoms with van der Waals surface area (Å²) in [6, 6.07) is 7.01. The van der Waals surface area contributed by atoms with Gasteiger partial charge in [0.25, 0.3) is 0 Å². The van der Waals surface area contributed by atoms with E-state index >= 15 is 0 Å². The van der Waals surface area contributed by atoms with Crippen molar-refractivity contribution in [3.05, 3.63) is 29.8 Å². The average Bonchev–Trinajstić information content (AvgIpc) is 2.03. The predicted octanol–water partition coefficient (Wildman–Crippen LogP) is 1.06. The SMILES string of the molecule is FB(F)F.O=C(O)c1cc[c]([K])cc1. The summed E-state index contributed by atoms with van der Waals surface area (Å²) in [5.74, 6) is -0.854. The molecule has 0 amide bonds. The third-order valence-electron chi connectivity index (χ3n) is 1.30. The molecule has 1 rings (SSSR count). The number of aromatic carboxylic acids is 1. The predicted molar refractivity (Wildman–Crippen MR) is 47.9 cm³/mol. The van der Waals surface area contributed by atoms with E-state index in [4.69, 9.17) is 5.11 Å². The second-order valence-electron chi connectivity index (χ2n) is 2.42. The molecule has 7 heteroatoms. The number of benzene rings is 1. The van der Waals surface area contributed by atoms with Crippen molar-refractivity contribution in [3.8, 4) is 0 Å². The van der Waals surface area contributed by atoms with Gasteiger partial charge in [0.05, 0.1) is 0 Å². The molecule has 0 aliphatic rings. The fourth-order valence-electron chi connectivity index (χ4n) is 0.696. The van der Waals surface area contributed by atoms with Crippen LogP contribution in [0.1, 0.15) is 10.4 Å². The maximum atomic E-state index is 10.3. The van der Waals surface area contributed by atoms with Gasteiger partial charge in [0.15, 0.2) is 0 Å². The normalized spacial score (nSPS) is 8.64. The van der Waals surface area contributed by atoms with Crippen LogP contribution in [0.4, 0.5) is 12.9 Å². The van der Waals surface area contributed by atoms with E-state index in [-0.39, 0.29) is 0 Å². The van der Waals surface area contributed by atoms with Crippen LogP contribution in [-0.4, -0.2) is 67.6 Å². The summed E-state index contributed by atoms with van der Waals surface area (Å²) in [6.07, 6.45) is 0. The maximum absolute atomic E-state index is 10.3. The molecule has 0 radical (unpaired) electrons. The van der Waals surface area contributed by atoms with Gasteiger partial charge in [0.1, 0.15) is 0 Å². The molecule has 0 spiro atoms. The fraction of sp³-hybridized carbons (Fsp3) is 0. The van der Waals surface area contributed by atoms with Crippen molar-refractivity contribution < 1.29 is 22.8 Å². The molecule has 2 nitrogen and oxygen atoms in total. The van der Waals surface area contributed by atoms with E-state index in [2.05, 4.69) is 0 Å². The van der Waals surface area contributed by atoms with Crippen molar-refractivity contribution >= 4 is 62.1 Å². The molecule has 0 unspecified atom stereocenters. The van der Waals surface area contributed by atoms with Crippen molar-refractivity contribution in [2.45, 2.75) is 0 Å². The van der Waals surface area contributed by atoms with E-state index in [0.717, 1.165) is 0 Å². The minimum atomic E-state index is -3.67. The van der Waals surface area contributed by atoms with Gasteiger partial charge in [-0.15, -0.1) is 0 Å². The van der Waals surface area contributed by atoms with Crippen LogP contribution in [0.2, 0.25) is 0 Å². The van der Waals surface area contributed by atoms with Gasteiger partial charge in [0.2, 0.25) is 0 Å². The summed E-state index contributed by atoms with van der Waals surface area (Å²) in [5, 5.41) is 8.49. The van der Waals surface area contributed by atoms with Crippen molar-refractivity contribution in [2.24, 2.45) is 0 Å². The molecule has 1 aromatic rings. The first-order valence-corrected chi connectivity index (χ1v) is 5.22. The third kappa shape index (κ3) is 7.57. The van der Waals surface area contributed by atoms with Gasteiger partial charge in [-0.3, -0.25) is 12.9 Å². The van der Waals surface area contributed by atoms with Crippen molar-refractivity contribution in [2.75, 3.05) is 0 Å².